The minimum Gasteiger partial charge on any atom is -0.454 e. The number of benzene rings is 1. The van der Waals surface area contributed by atoms with Crippen molar-refractivity contribution in [3.8, 4) is 22.8 Å². The van der Waals surface area contributed by atoms with Crippen LogP contribution in [0.15, 0.2) is 30.6 Å². The van der Waals surface area contributed by atoms with Gasteiger partial charge in [-0.05, 0) is 31.2 Å². The Hall–Kier alpha value is -3.30. The number of halogens is 3. The van der Waals surface area contributed by atoms with Gasteiger partial charge in [0.25, 0.3) is 5.91 Å². The zero-order valence-corrected chi connectivity index (χ0v) is 15.1. The lowest BCUT2D eigenvalue weighted by atomic mass is 10.1. The van der Waals surface area contributed by atoms with Gasteiger partial charge in [0.1, 0.15) is 6.33 Å². The number of aryl methyl sites for hydroxylation is 1. The molecule has 0 atom stereocenters. The van der Waals surface area contributed by atoms with E-state index < -0.39 is 18.5 Å². The normalized spacial score (nSPS) is 12.6. The molecule has 0 radical (unpaired) electrons. The fourth-order valence-corrected chi connectivity index (χ4v) is 2.50. The van der Waals surface area contributed by atoms with Gasteiger partial charge in [0, 0.05) is 17.7 Å². The summed E-state index contributed by atoms with van der Waals surface area (Å²) in [6.07, 6.45) is -3.14. The first-order valence-corrected chi connectivity index (χ1v) is 8.31. The quantitative estimate of drug-likeness (QED) is 0.718. The molecule has 0 unspecified atom stereocenters. The fourth-order valence-electron chi connectivity index (χ4n) is 2.50. The summed E-state index contributed by atoms with van der Waals surface area (Å²) >= 11 is 0. The summed E-state index contributed by atoms with van der Waals surface area (Å²) in [6.45, 7) is 3.22. The molecule has 2 N–H and O–H groups in total. The van der Waals surface area contributed by atoms with Gasteiger partial charge in [-0.3, -0.25) is 9.20 Å². The maximum absolute atomic E-state index is 11.5. The third-order valence-corrected chi connectivity index (χ3v) is 4.00. The van der Waals surface area contributed by atoms with Crippen molar-refractivity contribution < 1.29 is 27.4 Å². The van der Waals surface area contributed by atoms with Crippen LogP contribution < -0.4 is 15.2 Å². The average Bonchev–Trinajstić information content (AvgIpc) is 3.27. The molecule has 0 saturated carbocycles. The van der Waals surface area contributed by atoms with Crippen LogP contribution in [0.25, 0.3) is 16.9 Å². The molecule has 1 aliphatic rings. The molecule has 1 amide bonds. The number of carbonyl (C=O) groups excluding carboxylic acids is 1. The monoisotopic (exact) mass is 394 g/mol. The van der Waals surface area contributed by atoms with E-state index in [0.29, 0.717) is 22.8 Å². The van der Waals surface area contributed by atoms with Crippen molar-refractivity contribution in [1.82, 2.24) is 14.4 Å². The number of imidazole rings is 1. The molecule has 3 heterocycles. The smallest absolute Gasteiger partial charge is 0.388 e. The Bertz CT molecular complexity index is 1030. The molecule has 4 rings (SSSR count). The molecule has 1 aliphatic heterocycles. The molecule has 10 heteroatoms. The van der Waals surface area contributed by atoms with E-state index >= 15 is 0 Å². The molecule has 7 nitrogen and oxygen atoms in total. The van der Waals surface area contributed by atoms with Crippen LogP contribution in [0.5, 0.6) is 11.5 Å². The molecule has 3 aromatic rings. The Kier molecular flexibility index (Phi) is 5.12. The lowest BCUT2D eigenvalue weighted by Gasteiger charge is -2.06. The minimum absolute atomic E-state index is 0.158. The first-order chi connectivity index (χ1) is 13.2. The second-order valence-electron chi connectivity index (χ2n) is 5.97. The van der Waals surface area contributed by atoms with Gasteiger partial charge in [-0.25, -0.2) is 9.97 Å². The highest BCUT2D eigenvalue weighted by Gasteiger charge is 2.22. The molecule has 0 spiro atoms. The first kappa shape index (κ1) is 19.5. The van der Waals surface area contributed by atoms with Crippen LogP contribution in [0.3, 0.4) is 0 Å². The van der Waals surface area contributed by atoms with Crippen molar-refractivity contribution >= 4 is 11.6 Å². The lowest BCUT2D eigenvalue weighted by Crippen LogP contribution is -2.12. The predicted molar refractivity (Wildman–Crippen MR) is 94.1 cm³/mol. The van der Waals surface area contributed by atoms with Crippen LogP contribution in [0, 0.1) is 6.92 Å². The van der Waals surface area contributed by atoms with E-state index in [2.05, 4.69) is 9.97 Å². The van der Waals surface area contributed by atoms with E-state index in [1.807, 2.05) is 31.2 Å². The van der Waals surface area contributed by atoms with E-state index in [-0.39, 0.29) is 12.5 Å². The Labute approximate surface area is 157 Å². The number of rotatable bonds is 2. The molecule has 0 aliphatic carbocycles. The molecule has 2 aromatic heterocycles. The Morgan fingerprint density at radius 2 is 1.93 bits per heavy atom. The number of ether oxygens (including phenoxy) is 2. The summed E-state index contributed by atoms with van der Waals surface area (Å²) in [6, 6.07) is 7.51. The second-order valence-corrected chi connectivity index (χ2v) is 5.97. The molecule has 28 heavy (non-hydrogen) atoms. The van der Waals surface area contributed by atoms with E-state index in [9.17, 15) is 18.0 Å². The second kappa shape index (κ2) is 7.37. The maximum atomic E-state index is 11.5. The zero-order chi connectivity index (χ0) is 20.5. The van der Waals surface area contributed by atoms with Gasteiger partial charge in [0.15, 0.2) is 22.8 Å². The van der Waals surface area contributed by atoms with Crippen LogP contribution in [0.4, 0.5) is 13.2 Å². The molecule has 0 bridgehead atoms. The number of nitrogens with zero attached hydrogens (tertiary/aromatic N) is 3. The van der Waals surface area contributed by atoms with Crippen molar-refractivity contribution in [3.05, 3.63) is 42.0 Å². The van der Waals surface area contributed by atoms with Crippen LogP contribution in [0.1, 0.15) is 29.5 Å². The van der Waals surface area contributed by atoms with E-state index in [1.165, 1.54) is 0 Å². The fraction of sp³-hybridized carbons (Fsp3) is 0.278. The largest absolute Gasteiger partial charge is 0.454 e. The van der Waals surface area contributed by atoms with Crippen molar-refractivity contribution in [1.29, 1.82) is 0 Å². The van der Waals surface area contributed by atoms with Crippen LogP contribution in [-0.2, 0) is 0 Å². The number of alkyl halides is 3. The van der Waals surface area contributed by atoms with Gasteiger partial charge in [-0.2, -0.15) is 13.2 Å². The number of primary amides is 1. The predicted octanol–water partition coefficient (Wildman–Crippen LogP) is 3.49. The Morgan fingerprint density at radius 3 is 2.57 bits per heavy atom. The van der Waals surface area contributed by atoms with Crippen LogP contribution in [0.2, 0.25) is 0 Å². The van der Waals surface area contributed by atoms with E-state index in [4.69, 9.17) is 15.2 Å². The lowest BCUT2D eigenvalue weighted by molar-refractivity contribution is -0.130. The molecular formula is C18H17F3N4O3. The SMILES string of the molecule is CCC(F)(F)F.Cc1cc(-c2ccc3c(c2)OCO3)nc2c(C(N)=O)ncn12. The molecule has 148 valence electrons. The van der Waals surface area contributed by atoms with Gasteiger partial charge >= 0.3 is 6.18 Å². The number of fused-ring (bicyclic) bond motifs is 2. The Balaban J connectivity index is 0.000000330. The number of hydrogen-bond acceptors (Lipinski definition) is 5. The van der Waals surface area contributed by atoms with Crippen LogP contribution >= 0.6 is 0 Å². The third kappa shape index (κ3) is 4.00. The molecule has 0 fully saturated rings. The number of carbonyl (C=O) groups is 1. The summed E-state index contributed by atoms with van der Waals surface area (Å²) in [7, 11) is 0. The van der Waals surface area contributed by atoms with E-state index in [1.54, 1.807) is 10.7 Å². The maximum Gasteiger partial charge on any atom is 0.388 e. The van der Waals surface area contributed by atoms with Gasteiger partial charge in [-0.15, -0.1) is 0 Å². The summed E-state index contributed by atoms with van der Waals surface area (Å²) in [5.74, 6) is 0.793. The van der Waals surface area contributed by atoms with Gasteiger partial charge in [0.05, 0.1) is 5.69 Å². The summed E-state index contributed by atoms with van der Waals surface area (Å²) in [5.41, 5.74) is 8.43. The molecule has 0 saturated heterocycles. The minimum atomic E-state index is -3.96. The standard InChI is InChI=1S/C15H12N4O3.C3H5F3/c1-8-4-10(9-2-3-11-12(5-9)22-7-21-11)18-15-13(14(16)20)17-6-19(8)15;1-2-3(4,5)6/h2-6H,7H2,1H3,(H2,16,20);2H2,1H3. The number of amides is 1. The highest BCUT2D eigenvalue weighted by molar-refractivity contribution is 5.97. The van der Waals surface area contributed by atoms with Gasteiger partial charge in [0.2, 0.25) is 6.79 Å². The van der Waals surface area contributed by atoms with Crippen molar-refractivity contribution in [2.75, 3.05) is 6.79 Å². The van der Waals surface area contributed by atoms with Gasteiger partial charge < -0.3 is 15.2 Å². The number of aromatic nitrogens is 3. The Morgan fingerprint density at radius 1 is 1.25 bits per heavy atom. The van der Waals surface area contributed by atoms with E-state index in [0.717, 1.165) is 18.2 Å². The van der Waals surface area contributed by atoms with Crippen LogP contribution in [-0.4, -0.2) is 33.2 Å². The van der Waals surface area contributed by atoms with Crippen molar-refractivity contribution in [3.63, 3.8) is 0 Å². The van der Waals surface area contributed by atoms with Crippen molar-refractivity contribution in [2.24, 2.45) is 5.73 Å². The zero-order valence-electron chi connectivity index (χ0n) is 15.1. The highest BCUT2D eigenvalue weighted by atomic mass is 19.4. The average molecular weight is 394 g/mol. The summed E-state index contributed by atoms with van der Waals surface area (Å²) in [4.78, 5) is 20.0. The first-order valence-electron chi connectivity index (χ1n) is 8.31. The topological polar surface area (TPSA) is 91.7 Å². The van der Waals surface area contributed by atoms with Gasteiger partial charge in [-0.1, -0.05) is 6.92 Å². The number of nitrogens with two attached hydrogens (primary N) is 1. The molecular weight excluding hydrogens is 377 g/mol. The summed E-state index contributed by atoms with van der Waals surface area (Å²) < 4.78 is 44.8. The number of hydrogen-bond donors (Lipinski definition) is 1. The molecule has 1 aromatic carbocycles. The summed E-state index contributed by atoms with van der Waals surface area (Å²) in [5, 5.41) is 0. The van der Waals surface area contributed by atoms with Crippen molar-refractivity contribution in [2.45, 2.75) is 26.4 Å². The highest BCUT2D eigenvalue weighted by Crippen LogP contribution is 2.35. The third-order valence-electron chi connectivity index (χ3n) is 4.00.